The summed E-state index contributed by atoms with van der Waals surface area (Å²) in [5.74, 6) is 1.09. The molecule has 3 rings (SSSR count). The fourth-order valence-corrected chi connectivity index (χ4v) is 2.41. The van der Waals surface area contributed by atoms with Gasteiger partial charge in [-0.2, -0.15) is 5.10 Å². The number of amides is 1. The number of hydrogen-bond donors (Lipinski definition) is 2. The number of aromatic nitrogens is 3. The molecule has 1 saturated heterocycles. The zero-order valence-electron chi connectivity index (χ0n) is 11.3. The molecule has 1 amide bonds. The third-order valence-corrected chi connectivity index (χ3v) is 3.57. The van der Waals surface area contributed by atoms with E-state index in [0.29, 0.717) is 11.6 Å². The quantitative estimate of drug-likeness (QED) is 0.880. The zero-order valence-corrected chi connectivity index (χ0v) is 11.3. The van der Waals surface area contributed by atoms with Crippen molar-refractivity contribution < 1.29 is 4.79 Å². The molecule has 2 aromatic heterocycles. The molecule has 2 atom stereocenters. The van der Waals surface area contributed by atoms with Gasteiger partial charge in [0.15, 0.2) is 5.82 Å². The lowest BCUT2D eigenvalue weighted by Crippen LogP contribution is -2.39. The minimum Gasteiger partial charge on any atom is -0.323 e. The molecular weight excluding hydrogens is 254 g/mol. The van der Waals surface area contributed by atoms with Gasteiger partial charge in [-0.1, -0.05) is 6.92 Å². The maximum atomic E-state index is 12.1. The van der Waals surface area contributed by atoms with Crippen molar-refractivity contribution in [1.82, 2.24) is 20.1 Å². The van der Waals surface area contributed by atoms with Gasteiger partial charge in [0, 0.05) is 12.4 Å². The maximum Gasteiger partial charge on any atom is 0.241 e. The highest BCUT2D eigenvalue weighted by Crippen LogP contribution is 2.16. The molecule has 0 aliphatic carbocycles. The van der Waals surface area contributed by atoms with Crippen molar-refractivity contribution in [3.8, 4) is 5.82 Å². The van der Waals surface area contributed by atoms with Crippen LogP contribution in [-0.2, 0) is 4.79 Å². The van der Waals surface area contributed by atoms with Gasteiger partial charge in [-0.15, -0.1) is 0 Å². The van der Waals surface area contributed by atoms with Crippen molar-refractivity contribution in [2.45, 2.75) is 19.4 Å². The highest BCUT2D eigenvalue weighted by atomic mass is 16.2. The van der Waals surface area contributed by atoms with Gasteiger partial charge in [0.1, 0.15) is 0 Å². The largest absolute Gasteiger partial charge is 0.323 e. The minimum atomic E-state index is -0.110. The Hall–Kier alpha value is -2.21. The summed E-state index contributed by atoms with van der Waals surface area (Å²) in [5.41, 5.74) is 0.701. The van der Waals surface area contributed by atoms with Gasteiger partial charge < -0.3 is 10.6 Å². The predicted octanol–water partition coefficient (Wildman–Crippen LogP) is 1.20. The predicted molar refractivity (Wildman–Crippen MR) is 75.6 cm³/mol. The Morgan fingerprint density at radius 1 is 1.50 bits per heavy atom. The third kappa shape index (κ3) is 2.55. The van der Waals surface area contributed by atoms with Crippen molar-refractivity contribution in [2.75, 3.05) is 11.9 Å². The van der Waals surface area contributed by atoms with E-state index in [1.54, 1.807) is 17.1 Å². The van der Waals surface area contributed by atoms with Crippen LogP contribution in [0.15, 0.2) is 36.8 Å². The highest BCUT2D eigenvalue weighted by molar-refractivity contribution is 5.95. The highest BCUT2D eigenvalue weighted by Gasteiger charge is 2.29. The number of anilines is 1. The second-order valence-electron chi connectivity index (χ2n) is 5.04. The normalized spacial score (nSPS) is 21.9. The van der Waals surface area contributed by atoms with Crippen molar-refractivity contribution in [2.24, 2.45) is 5.92 Å². The first kappa shape index (κ1) is 12.8. The molecule has 6 nitrogen and oxygen atoms in total. The van der Waals surface area contributed by atoms with Crippen LogP contribution in [0.5, 0.6) is 0 Å². The molecule has 0 radical (unpaired) electrons. The van der Waals surface area contributed by atoms with Crippen molar-refractivity contribution in [3.05, 3.63) is 36.8 Å². The van der Waals surface area contributed by atoms with Crippen LogP contribution < -0.4 is 10.6 Å². The Kier molecular flexibility index (Phi) is 3.47. The third-order valence-electron chi connectivity index (χ3n) is 3.57. The molecule has 1 fully saturated rings. The van der Waals surface area contributed by atoms with E-state index in [1.807, 2.05) is 24.4 Å². The molecule has 3 heterocycles. The standard InChI is InChI=1S/C14H17N5O/c1-10-5-7-15-13(10)14(20)18-11-3-4-12(16-9-11)19-8-2-6-17-19/h2-4,6,8-10,13,15H,5,7H2,1H3,(H,18,20). The molecule has 1 aliphatic rings. The molecule has 104 valence electrons. The molecule has 0 saturated carbocycles. The van der Waals surface area contributed by atoms with Crippen molar-refractivity contribution >= 4 is 11.6 Å². The Bertz CT molecular complexity index is 578. The summed E-state index contributed by atoms with van der Waals surface area (Å²) in [4.78, 5) is 16.4. The summed E-state index contributed by atoms with van der Waals surface area (Å²) >= 11 is 0. The summed E-state index contributed by atoms with van der Waals surface area (Å²) in [6.45, 7) is 2.99. The lowest BCUT2D eigenvalue weighted by Gasteiger charge is -2.15. The van der Waals surface area contributed by atoms with Crippen LogP contribution in [0.25, 0.3) is 5.82 Å². The van der Waals surface area contributed by atoms with Gasteiger partial charge in [0.2, 0.25) is 5.91 Å². The number of hydrogen-bond acceptors (Lipinski definition) is 4. The Morgan fingerprint density at radius 3 is 3.00 bits per heavy atom. The lowest BCUT2D eigenvalue weighted by molar-refractivity contribution is -0.118. The molecule has 2 N–H and O–H groups in total. The molecule has 0 bridgehead atoms. The molecule has 2 aromatic rings. The first-order valence-electron chi connectivity index (χ1n) is 6.74. The number of carbonyl (C=O) groups excluding carboxylic acids is 1. The van der Waals surface area contributed by atoms with Crippen molar-refractivity contribution in [3.63, 3.8) is 0 Å². The van der Waals surface area contributed by atoms with Crippen LogP contribution in [0.4, 0.5) is 5.69 Å². The first-order valence-corrected chi connectivity index (χ1v) is 6.74. The Balaban J connectivity index is 1.68. The van der Waals surface area contributed by atoms with Gasteiger partial charge in [-0.3, -0.25) is 4.79 Å². The van der Waals surface area contributed by atoms with Crippen LogP contribution in [0.1, 0.15) is 13.3 Å². The second-order valence-corrected chi connectivity index (χ2v) is 5.04. The molecule has 0 aromatic carbocycles. The topological polar surface area (TPSA) is 71.8 Å². The molecule has 1 aliphatic heterocycles. The second kappa shape index (κ2) is 5.42. The monoisotopic (exact) mass is 271 g/mol. The number of nitrogens with zero attached hydrogens (tertiary/aromatic N) is 3. The van der Waals surface area contributed by atoms with Gasteiger partial charge in [-0.25, -0.2) is 9.67 Å². The summed E-state index contributed by atoms with van der Waals surface area (Å²) in [6, 6.07) is 5.39. The number of nitrogens with one attached hydrogen (secondary N) is 2. The first-order chi connectivity index (χ1) is 9.74. The summed E-state index contributed by atoms with van der Waals surface area (Å²) in [6.07, 6.45) is 6.21. The molecule has 0 spiro atoms. The van der Waals surface area contributed by atoms with E-state index in [2.05, 4.69) is 27.6 Å². The average Bonchev–Trinajstić information content (AvgIpc) is 3.10. The molecule has 20 heavy (non-hydrogen) atoms. The van der Waals surface area contributed by atoms with Crippen LogP contribution in [0.2, 0.25) is 0 Å². The molecular formula is C14H17N5O. The van der Waals surface area contributed by atoms with Gasteiger partial charge in [0.25, 0.3) is 0 Å². The van der Waals surface area contributed by atoms with Crippen LogP contribution in [0.3, 0.4) is 0 Å². The van der Waals surface area contributed by atoms with E-state index in [9.17, 15) is 4.79 Å². The van der Waals surface area contributed by atoms with Gasteiger partial charge in [0.05, 0.1) is 17.9 Å². The number of rotatable bonds is 3. The Morgan fingerprint density at radius 2 is 2.40 bits per heavy atom. The van der Waals surface area contributed by atoms with Gasteiger partial charge in [-0.05, 0) is 37.1 Å². The number of pyridine rings is 1. The zero-order chi connectivity index (χ0) is 13.9. The minimum absolute atomic E-state index is 0.00337. The van der Waals surface area contributed by atoms with Crippen molar-refractivity contribution in [1.29, 1.82) is 0 Å². The van der Waals surface area contributed by atoms with Gasteiger partial charge >= 0.3 is 0 Å². The van der Waals surface area contributed by atoms with E-state index in [4.69, 9.17) is 0 Å². The summed E-state index contributed by atoms with van der Waals surface area (Å²) in [7, 11) is 0. The van der Waals surface area contributed by atoms with E-state index in [-0.39, 0.29) is 11.9 Å². The van der Waals surface area contributed by atoms with Crippen LogP contribution in [0, 0.1) is 5.92 Å². The summed E-state index contributed by atoms with van der Waals surface area (Å²) in [5, 5.41) is 10.2. The van der Waals surface area contributed by atoms with Crippen LogP contribution >= 0.6 is 0 Å². The molecule has 2 unspecified atom stereocenters. The smallest absolute Gasteiger partial charge is 0.241 e. The Labute approximate surface area is 117 Å². The van der Waals surface area contributed by atoms with E-state index in [1.165, 1.54) is 0 Å². The summed E-state index contributed by atoms with van der Waals surface area (Å²) < 4.78 is 1.67. The fourth-order valence-electron chi connectivity index (χ4n) is 2.41. The maximum absolute atomic E-state index is 12.1. The SMILES string of the molecule is CC1CCNC1C(=O)Nc1ccc(-n2cccn2)nc1. The molecule has 6 heteroatoms. The van der Waals surface area contributed by atoms with E-state index >= 15 is 0 Å². The lowest BCUT2D eigenvalue weighted by atomic mass is 10.0. The fraction of sp³-hybridized carbons (Fsp3) is 0.357. The van der Waals surface area contributed by atoms with E-state index in [0.717, 1.165) is 18.8 Å². The number of carbonyl (C=O) groups is 1. The van der Waals surface area contributed by atoms with Crippen LogP contribution in [-0.4, -0.2) is 33.3 Å². The van der Waals surface area contributed by atoms with E-state index < -0.39 is 0 Å². The average molecular weight is 271 g/mol.